The van der Waals surface area contributed by atoms with Crippen molar-refractivity contribution in [2.24, 2.45) is 0 Å². The number of nitrogens with zero attached hydrogens (tertiary/aromatic N) is 2. The van der Waals surface area contributed by atoms with Crippen LogP contribution in [0, 0.1) is 11.2 Å². The van der Waals surface area contributed by atoms with Crippen molar-refractivity contribution in [2.45, 2.75) is 58.7 Å². The molecule has 1 atom stereocenters. The van der Waals surface area contributed by atoms with Crippen LogP contribution in [-0.2, 0) is 11.3 Å². The van der Waals surface area contributed by atoms with Crippen LogP contribution in [0.25, 0.3) is 0 Å². The van der Waals surface area contributed by atoms with E-state index >= 15 is 0 Å². The standard InChI is InChI=1S/C27H34FN5O5/c1-15(2)32-14-16(3)33-22-20(24(37-4)23(33)27(32)36)25(34)31-13-17-8-9-18(28)12-19(17)38-11-7-5-6-10-30-26(35)21(22)29/h8-9,12,15-16,29H,5-7,10-11,13-14H2,1-4H3,(H,30,35)(H,31,34). The maximum absolute atomic E-state index is 13.9. The van der Waals surface area contributed by atoms with E-state index in [9.17, 15) is 18.8 Å². The van der Waals surface area contributed by atoms with Gasteiger partial charge in [0.2, 0.25) is 0 Å². The third-order valence-electron chi connectivity index (χ3n) is 6.88. The lowest BCUT2D eigenvalue weighted by Gasteiger charge is -2.36. The molecule has 0 spiro atoms. The summed E-state index contributed by atoms with van der Waals surface area (Å²) < 4.78 is 26.9. The van der Waals surface area contributed by atoms with E-state index in [2.05, 4.69) is 10.6 Å². The number of rotatable bonds is 2. The van der Waals surface area contributed by atoms with Crippen LogP contribution in [0.5, 0.6) is 11.5 Å². The predicted octanol–water partition coefficient (Wildman–Crippen LogP) is 3.04. The molecule has 1 unspecified atom stereocenters. The first-order chi connectivity index (χ1) is 18.1. The summed E-state index contributed by atoms with van der Waals surface area (Å²) in [7, 11) is 1.35. The molecule has 1 aromatic heterocycles. The van der Waals surface area contributed by atoms with Crippen LogP contribution in [0.2, 0.25) is 0 Å². The minimum Gasteiger partial charge on any atom is -0.493 e. The lowest BCUT2D eigenvalue weighted by Crippen LogP contribution is -2.46. The minimum atomic E-state index is -0.642. The Kier molecular flexibility index (Phi) is 8.03. The van der Waals surface area contributed by atoms with Crippen molar-refractivity contribution in [1.29, 1.82) is 5.41 Å². The third kappa shape index (κ3) is 5.09. The molecule has 3 heterocycles. The first-order valence-corrected chi connectivity index (χ1v) is 12.8. The van der Waals surface area contributed by atoms with Gasteiger partial charge in [-0.05, 0) is 46.1 Å². The predicted molar refractivity (Wildman–Crippen MR) is 139 cm³/mol. The van der Waals surface area contributed by atoms with E-state index in [1.165, 1.54) is 19.2 Å². The Balaban J connectivity index is 1.85. The molecule has 3 amide bonds. The van der Waals surface area contributed by atoms with Crippen molar-refractivity contribution < 1.29 is 28.2 Å². The second kappa shape index (κ2) is 11.2. The zero-order valence-corrected chi connectivity index (χ0v) is 22.2. The molecule has 0 saturated heterocycles. The van der Waals surface area contributed by atoms with Gasteiger partial charge in [-0.2, -0.15) is 0 Å². The number of halogens is 1. The molecule has 11 heteroatoms. The number of ether oxygens (including phenoxy) is 2. The number of aromatic nitrogens is 1. The molecule has 0 bridgehead atoms. The molecule has 4 rings (SSSR count). The molecule has 1 aromatic carbocycles. The minimum absolute atomic E-state index is 0.00129. The molecule has 2 aliphatic rings. The summed E-state index contributed by atoms with van der Waals surface area (Å²) in [6.07, 6.45) is 2.10. The quantitative estimate of drug-likeness (QED) is 0.554. The van der Waals surface area contributed by atoms with Crippen molar-refractivity contribution in [3.05, 3.63) is 46.5 Å². The topological polar surface area (TPSA) is 126 Å². The van der Waals surface area contributed by atoms with E-state index in [4.69, 9.17) is 14.9 Å². The first kappa shape index (κ1) is 27.2. The summed E-state index contributed by atoms with van der Waals surface area (Å²) in [6.45, 7) is 6.69. The zero-order valence-electron chi connectivity index (χ0n) is 22.2. The summed E-state index contributed by atoms with van der Waals surface area (Å²) >= 11 is 0. The van der Waals surface area contributed by atoms with Crippen LogP contribution in [-0.4, -0.2) is 65.7 Å². The van der Waals surface area contributed by atoms with Crippen molar-refractivity contribution in [2.75, 3.05) is 26.8 Å². The van der Waals surface area contributed by atoms with Gasteiger partial charge in [-0.25, -0.2) is 4.39 Å². The molecule has 204 valence electrons. The Hall–Kier alpha value is -3.89. The van der Waals surface area contributed by atoms with Gasteiger partial charge < -0.3 is 29.6 Å². The van der Waals surface area contributed by atoms with E-state index in [1.54, 1.807) is 15.5 Å². The summed E-state index contributed by atoms with van der Waals surface area (Å²) in [5.41, 5.74) is 0.236. The number of carbonyl (C=O) groups is 3. The number of amides is 3. The average Bonchev–Trinajstić information content (AvgIpc) is 3.24. The number of methoxy groups -OCH3 is 1. The smallest absolute Gasteiger partial charge is 0.274 e. The molecule has 2 aliphatic heterocycles. The number of fused-ring (bicyclic) bond motifs is 4. The van der Waals surface area contributed by atoms with Gasteiger partial charge in [-0.15, -0.1) is 0 Å². The fourth-order valence-electron chi connectivity index (χ4n) is 4.95. The van der Waals surface area contributed by atoms with Crippen molar-refractivity contribution in [1.82, 2.24) is 20.1 Å². The van der Waals surface area contributed by atoms with Gasteiger partial charge in [0.1, 0.15) is 22.8 Å². The number of hydrogen-bond acceptors (Lipinski definition) is 6. The highest BCUT2D eigenvalue weighted by atomic mass is 19.1. The van der Waals surface area contributed by atoms with Crippen LogP contribution >= 0.6 is 0 Å². The molecule has 0 aliphatic carbocycles. The van der Waals surface area contributed by atoms with Crippen molar-refractivity contribution >= 4 is 23.4 Å². The number of hydrogen-bond donors (Lipinski definition) is 3. The van der Waals surface area contributed by atoms with Crippen LogP contribution in [0.1, 0.15) is 78.2 Å². The number of carbonyl (C=O) groups excluding carboxylic acids is 3. The summed E-state index contributed by atoms with van der Waals surface area (Å²) in [4.78, 5) is 41.9. The highest BCUT2D eigenvalue weighted by Gasteiger charge is 2.42. The average molecular weight is 528 g/mol. The molecule has 38 heavy (non-hydrogen) atoms. The van der Waals surface area contributed by atoms with Gasteiger partial charge in [0.25, 0.3) is 17.7 Å². The summed E-state index contributed by atoms with van der Waals surface area (Å²) in [5.74, 6) is -1.73. The number of benzene rings is 1. The highest BCUT2D eigenvalue weighted by Crippen LogP contribution is 2.38. The van der Waals surface area contributed by atoms with Crippen LogP contribution in [0.4, 0.5) is 4.39 Å². The molecular weight excluding hydrogens is 493 g/mol. The maximum Gasteiger partial charge on any atom is 0.274 e. The molecule has 3 N–H and O–H groups in total. The third-order valence-corrected chi connectivity index (χ3v) is 6.88. The Bertz CT molecular complexity index is 1270. The summed E-state index contributed by atoms with van der Waals surface area (Å²) in [5, 5.41) is 14.3. The van der Waals surface area contributed by atoms with E-state index in [-0.39, 0.29) is 47.2 Å². The maximum atomic E-state index is 13.9. The van der Waals surface area contributed by atoms with Crippen molar-refractivity contribution in [3.8, 4) is 11.5 Å². The fraction of sp³-hybridized carbons (Fsp3) is 0.481. The zero-order chi connectivity index (χ0) is 27.6. The monoisotopic (exact) mass is 527 g/mol. The van der Waals surface area contributed by atoms with Gasteiger partial charge >= 0.3 is 0 Å². The Morgan fingerprint density at radius 1 is 1.11 bits per heavy atom. The van der Waals surface area contributed by atoms with Gasteiger partial charge in [0.05, 0.1) is 19.4 Å². The molecule has 0 saturated carbocycles. The second-order valence-electron chi connectivity index (χ2n) is 9.85. The van der Waals surface area contributed by atoms with E-state index in [1.807, 2.05) is 20.8 Å². The first-order valence-electron chi connectivity index (χ1n) is 12.8. The Morgan fingerprint density at radius 2 is 1.87 bits per heavy atom. The molecule has 0 fully saturated rings. The van der Waals surface area contributed by atoms with Crippen LogP contribution in [0.3, 0.4) is 0 Å². The van der Waals surface area contributed by atoms with Gasteiger partial charge in [0, 0.05) is 43.3 Å². The van der Waals surface area contributed by atoms with E-state index in [0.717, 1.165) is 6.42 Å². The Labute approximate surface area is 221 Å². The van der Waals surface area contributed by atoms with Gasteiger partial charge in [-0.1, -0.05) is 6.07 Å². The summed E-state index contributed by atoms with van der Waals surface area (Å²) in [6, 6.07) is 3.68. The SMILES string of the molecule is COc1c2c(n3c1C(=O)N(C(C)C)CC3C)C(=N)C(=O)NCCCCCOc1cc(F)ccc1CNC2=O. The van der Waals surface area contributed by atoms with Crippen LogP contribution < -0.4 is 20.1 Å². The number of nitrogens with one attached hydrogen (secondary N) is 3. The molecular formula is C27H34FN5O5. The Morgan fingerprint density at radius 3 is 2.58 bits per heavy atom. The van der Waals surface area contributed by atoms with Gasteiger partial charge in [0.15, 0.2) is 11.4 Å². The normalized spacial score (nSPS) is 19.2. The highest BCUT2D eigenvalue weighted by molar-refractivity contribution is 6.45. The van der Waals surface area contributed by atoms with Gasteiger partial charge in [-0.3, -0.25) is 19.8 Å². The molecule has 0 radical (unpaired) electrons. The lowest BCUT2D eigenvalue weighted by atomic mass is 10.1. The van der Waals surface area contributed by atoms with E-state index in [0.29, 0.717) is 43.9 Å². The fourth-order valence-corrected chi connectivity index (χ4v) is 4.95. The van der Waals surface area contributed by atoms with E-state index < -0.39 is 23.3 Å². The second-order valence-corrected chi connectivity index (χ2v) is 9.85. The molecule has 2 aromatic rings. The largest absolute Gasteiger partial charge is 0.493 e. The molecule has 10 nitrogen and oxygen atoms in total. The lowest BCUT2D eigenvalue weighted by molar-refractivity contribution is -0.114. The van der Waals surface area contributed by atoms with Crippen molar-refractivity contribution in [3.63, 3.8) is 0 Å². The van der Waals surface area contributed by atoms with Crippen LogP contribution in [0.15, 0.2) is 18.2 Å².